The summed E-state index contributed by atoms with van der Waals surface area (Å²) >= 11 is 6.02. The van der Waals surface area contributed by atoms with Crippen LogP contribution >= 0.6 is 11.6 Å². The third-order valence-corrected chi connectivity index (χ3v) is 3.89. The number of carbonyl (C=O) groups excluding carboxylic acids is 2. The molecule has 0 saturated heterocycles. The molecule has 26 heavy (non-hydrogen) atoms. The van der Waals surface area contributed by atoms with Crippen LogP contribution in [0, 0.1) is 0 Å². The Morgan fingerprint density at radius 2 is 1.58 bits per heavy atom. The van der Waals surface area contributed by atoms with Crippen LogP contribution < -0.4 is 24.8 Å². The Hall–Kier alpha value is -2.93. The highest BCUT2D eigenvalue weighted by Gasteiger charge is 2.18. The van der Waals surface area contributed by atoms with Gasteiger partial charge in [-0.3, -0.25) is 9.59 Å². The summed E-state index contributed by atoms with van der Waals surface area (Å²) in [6.45, 7) is 0.140. The number of hydrogen-bond acceptors (Lipinski definition) is 5. The Labute approximate surface area is 156 Å². The van der Waals surface area contributed by atoms with Crippen LogP contribution in [-0.4, -0.2) is 33.1 Å². The molecule has 0 aromatic heterocycles. The van der Waals surface area contributed by atoms with Gasteiger partial charge in [0.15, 0.2) is 11.5 Å². The first-order chi connectivity index (χ1) is 12.5. The highest BCUT2D eigenvalue weighted by Crippen LogP contribution is 2.39. The summed E-state index contributed by atoms with van der Waals surface area (Å²) in [5.41, 5.74) is 1.04. The second-order valence-corrected chi connectivity index (χ2v) is 5.55. The number of carbonyl (C=O) groups is 2. The van der Waals surface area contributed by atoms with Crippen molar-refractivity contribution >= 4 is 29.1 Å². The highest BCUT2D eigenvalue weighted by molar-refractivity contribution is 6.39. The molecule has 2 aromatic rings. The van der Waals surface area contributed by atoms with Gasteiger partial charge in [-0.2, -0.15) is 0 Å². The van der Waals surface area contributed by atoms with Gasteiger partial charge in [-0.1, -0.05) is 29.8 Å². The topological polar surface area (TPSA) is 85.9 Å². The van der Waals surface area contributed by atoms with Gasteiger partial charge in [0, 0.05) is 29.4 Å². The second-order valence-electron chi connectivity index (χ2n) is 5.14. The molecule has 7 nitrogen and oxygen atoms in total. The van der Waals surface area contributed by atoms with E-state index in [1.807, 2.05) is 0 Å². The molecular formula is C18H19ClN2O5. The molecule has 0 radical (unpaired) electrons. The van der Waals surface area contributed by atoms with Gasteiger partial charge in [0.1, 0.15) is 0 Å². The summed E-state index contributed by atoms with van der Waals surface area (Å²) in [5, 5.41) is 5.52. The lowest BCUT2D eigenvalue weighted by Gasteiger charge is -2.14. The molecule has 0 fully saturated rings. The fraction of sp³-hybridized carbons (Fsp3) is 0.222. The van der Waals surface area contributed by atoms with Gasteiger partial charge in [-0.15, -0.1) is 0 Å². The van der Waals surface area contributed by atoms with Crippen LogP contribution in [0.15, 0.2) is 36.4 Å². The minimum Gasteiger partial charge on any atom is -0.493 e. The van der Waals surface area contributed by atoms with Crippen molar-refractivity contribution in [1.29, 1.82) is 0 Å². The van der Waals surface area contributed by atoms with Crippen LogP contribution in [0.5, 0.6) is 17.2 Å². The van der Waals surface area contributed by atoms with E-state index in [4.69, 9.17) is 25.8 Å². The molecule has 0 spiro atoms. The minimum atomic E-state index is -0.827. The quantitative estimate of drug-likeness (QED) is 0.755. The van der Waals surface area contributed by atoms with Crippen LogP contribution in [0.1, 0.15) is 5.56 Å². The van der Waals surface area contributed by atoms with E-state index in [-0.39, 0.29) is 6.54 Å². The van der Waals surface area contributed by atoms with Gasteiger partial charge in [-0.05, 0) is 11.6 Å². The molecule has 0 atom stereocenters. The first-order valence-corrected chi connectivity index (χ1v) is 8.00. The minimum absolute atomic E-state index is 0.140. The number of nitrogens with one attached hydrogen (secondary N) is 2. The van der Waals surface area contributed by atoms with Crippen LogP contribution in [0.4, 0.5) is 5.69 Å². The summed E-state index contributed by atoms with van der Waals surface area (Å²) in [5.74, 6) is -0.515. The molecule has 2 rings (SSSR count). The van der Waals surface area contributed by atoms with Crippen molar-refractivity contribution in [2.75, 3.05) is 26.6 Å². The van der Waals surface area contributed by atoms with Gasteiger partial charge in [0.25, 0.3) is 0 Å². The average Bonchev–Trinajstić information content (AvgIpc) is 2.66. The summed E-state index contributed by atoms with van der Waals surface area (Å²) in [6, 6.07) is 10.1. The maximum atomic E-state index is 12.1. The number of anilines is 1. The molecule has 0 heterocycles. The van der Waals surface area contributed by atoms with Crippen molar-refractivity contribution in [3.63, 3.8) is 0 Å². The molecule has 2 aromatic carbocycles. The molecule has 2 amide bonds. The lowest BCUT2D eigenvalue weighted by atomic mass is 10.2. The van der Waals surface area contributed by atoms with Crippen molar-refractivity contribution in [2.45, 2.75) is 6.54 Å². The van der Waals surface area contributed by atoms with E-state index in [0.29, 0.717) is 33.5 Å². The zero-order chi connectivity index (χ0) is 19.1. The number of halogens is 1. The summed E-state index contributed by atoms with van der Waals surface area (Å²) in [6.07, 6.45) is 0. The van der Waals surface area contributed by atoms with Crippen molar-refractivity contribution in [3.8, 4) is 17.2 Å². The normalized spacial score (nSPS) is 10.0. The Balaban J connectivity index is 2.06. The van der Waals surface area contributed by atoms with Gasteiger partial charge < -0.3 is 24.8 Å². The number of methoxy groups -OCH3 is 3. The van der Waals surface area contributed by atoms with E-state index >= 15 is 0 Å². The molecule has 0 aliphatic heterocycles. The summed E-state index contributed by atoms with van der Waals surface area (Å²) in [7, 11) is 4.39. The maximum absolute atomic E-state index is 12.1. The molecule has 0 aliphatic carbocycles. The third kappa shape index (κ3) is 4.58. The fourth-order valence-corrected chi connectivity index (χ4v) is 2.44. The molecule has 0 unspecified atom stereocenters. The van der Waals surface area contributed by atoms with E-state index in [1.54, 1.807) is 24.3 Å². The van der Waals surface area contributed by atoms with E-state index in [2.05, 4.69) is 10.6 Å². The van der Waals surface area contributed by atoms with Crippen LogP contribution in [0.2, 0.25) is 5.02 Å². The molecule has 138 valence electrons. The standard InChI is InChI=1S/C18H19ClN2O5/c1-24-14-8-12(9-15(25-2)16(14)26-3)21-18(23)17(22)20-10-11-6-4-5-7-13(11)19/h4-9H,10H2,1-3H3,(H,20,22)(H,21,23). The van der Waals surface area contributed by atoms with Gasteiger partial charge >= 0.3 is 11.8 Å². The van der Waals surface area contributed by atoms with Gasteiger partial charge in [0.2, 0.25) is 5.75 Å². The summed E-state index contributed by atoms with van der Waals surface area (Å²) in [4.78, 5) is 24.1. The largest absolute Gasteiger partial charge is 0.493 e. The van der Waals surface area contributed by atoms with Crippen molar-refractivity contribution < 1.29 is 23.8 Å². The van der Waals surface area contributed by atoms with E-state index in [1.165, 1.54) is 33.5 Å². The Morgan fingerprint density at radius 3 is 2.12 bits per heavy atom. The number of rotatable bonds is 6. The predicted octanol–water partition coefficient (Wildman–Crippen LogP) is 2.62. The molecular weight excluding hydrogens is 360 g/mol. The Bertz CT molecular complexity index is 785. The zero-order valence-electron chi connectivity index (χ0n) is 14.6. The maximum Gasteiger partial charge on any atom is 0.313 e. The first-order valence-electron chi connectivity index (χ1n) is 7.62. The van der Waals surface area contributed by atoms with E-state index in [0.717, 1.165) is 0 Å². The van der Waals surface area contributed by atoms with Crippen molar-refractivity contribution in [3.05, 3.63) is 47.0 Å². The van der Waals surface area contributed by atoms with Crippen LogP contribution in [0.3, 0.4) is 0 Å². The monoisotopic (exact) mass is 378 g/mol. The zero-order valence-corrected chi connectivity index (χ0v) is 15.3. The lowest BCUT2D eigenvalue weighted by molar-refractivity contribution is -0.136. The van der Waals surface area contributed by atoms with E-state index in [9.17, 15) is 9.59 Å². The first kappa shape index (κ1) is 19.4. The number of hydrogen-bond donors (Lipinski definition) is 2. The number of ether oxygens (including phenoxy) is 3. The molecule has 0 bridgehead atoms. The van der Waals surface area contributed by atoms with Crippen molar-refractivity contribution in [1.82, 2.24) is 5.32 Å². The third-order valence-electron chi connectivity index (χ3n) is 3.53. The van der Waals surface area contributed by atoms with E-state index < -0.39 is 11.8 Å². The average molecular weight is 379 g/mol. The highest BCUT2D eigenvalue weighted by atomic mass is 35.5. The van der Waals surface area contributed by atoms with Crippen LogP contribution in [0.25, 0.3) is 0 Å². The smallest absolute Gasteiger partial charge is 0.313 e. The Morgan fingerprint density at radius 1 is 0.962 bits per heavy atom. The summed E-state index contributed by atoms with van der Waals surface area (Å²) < 4.78 is 15.6. The number of benzene rings is 2. The SMILES string of the molecule is COc1cc(NC(=O)C(=O)NCc2ccccc2Cl)cc(OC)c1OC. The van der Waals surface area contributed by atoms with Crippen molar-refractivity contribution in [2.24, 2.45) is 0 Å². The van der Waals surface area contributed by atoms with Crippen LogP contribution in [-0.2, 0) is 16.1 Å². The Kier molecular flexibility index (Phi) is 6.68. The molecule has 8 heteroatoms. The molecule has 2 N–H and O–H groups in total. The number of amides is 2. The van der Waals surface area contributed by atoms with Gasteiger partial charge in [0.05, 0.1) is 21.3 Å². The molecule has 0 aliphatic rings. The predicted molar refractivity (Wildman–Crippen MR) is 98.0 cm³/mol. The molecule has 0 saturated carbocycles. The second kappa shape index (κ2) is 8.96. The van der Waals surface area contributed by atoms with Gasteiger partial charge in [-0.25, -0.2) is 0 Å². The lowest BCUT2D eigenvalue weighted by Crippen LogP contribution is -2.35. The fourth-order valence-electron chi connectivity index (χ4n) is 2.24.